The molecular formula is C21H21F2N3. The zero-order valence-corrected chi connectivity index (χ0v) is 14.5. The van der Waals surface area contributed by atoms with Gasteiger partial charge in [0.15, 0.2) is 11.6 Å². The van der Waals surface area contributed by atoms with E-state index in [0.29, 0.717) is 6.54 Å². The third kappa shape index (κ3) is 3.53. The highest BCUT2D eigenvalue weighted by Gasteiger charge is 2.18. The molecule has 0 unspecified atom stereocenters. The fraction of sp³-hybridized carbons (Fsp3) is 0.286. The van der Waals surface area contributed by atoms with E-state index in [4.69, 9.17) is 0 Å². The van der Waals surface area contributed by atoms with E-state index >= 15 is 0 Å². The first-order chi connectivity index (χ1) is 12.7. The van der Waals surface area contributed by atoms with Crippen molar-refractivity contribution in [1.29, 1.82) is 0 Å². The summed E-state index contributed by atoms with van der Waals surface area (Å²) in [6.07, 6.45) is 2.87. The van der Waals surface area contributed by atoms with Crippen LogP contribution in [0.3, 0.4) is 0 Å². The van der Waals surface area contributed by atoms with Crippen LogP contribution in [0, 0.1) is 11.6 Å². The van der Waals surface area contributed by atoms with E-state index in [0.717, 1.165) is 44.0 Å². The van der Waals surface area contributed by atoms with Crippen LogP contribution < -0.4 is 4.90 Å². The van der Waals surface area contributed by atoms with E-state index in [2.05, 4.69) is 26.9 Å². The van der Waals surface area contributed by atoms with Crippen LogP contribution in [0.5, 0.6) is 0 Å². The van der Waals surface area contributed by atoms with Crippen LogP contribution in [-0.2, 0) is 6.54 Å². The Labute approximate surface area is 151 Å². The van der Waals surface area contributed by atoms with Crippen LogP contribution in [0.2, 0.25) is 0 Å². The van der Waals surface area contributed by atoms with Gasteiger partial charge in [0, 0.05) is 44.3 Å². The molecule has 1 fully saturated rings. The zero-order valence-electron chi connectivity index (χ0n) is 14.5. The highest BCUT2D eigenvalue weighted by Crippen LogP contribution is 2.25. The number of pyridine rings is 1. The van der Waals surface area contributed by atoms with Crippen molar-refractivity contribution in [3.05, 3.63) is 71.9 Å². The number of rotatable bonds is 3. The lowest BCUT2D eigenvalue weighted by atomic mass is 10.1. The van der Waals surface area contributed by atoms with Crippen molar-refractivity contribution in [3.8, 4) is 0 Å². The highest BCUT2D eigenvalue weighted by molar-refractivity contribution is 5.92. The molecule has 3 nitrogen and oxygen atoms in total. The summed E-state index contributed by atoms with van der Waals surface area (Å²) < 4.78 is 26.5. The largest absolute Gasteiger partial charge is 0.355 e. The van der Waals surface area contributed by atoms with Crippen LogP contribution in [0.15, 0.2) is 54.7 Å². The molecule has 2 heterocycles. The van der Waals surface area contributed by atoms with E-state index < -0.39 is 11.6 Å². The van der Waals surface area contributed by atoms with Gasteiger partial charge in [-0.05, 0) is 35.6 Å². The maximum atomic E-state index is 13.4. The van der Waals surface area contributed by atoms with Gasteiger partial charge in [0.05, 0.1) is 0 Å². The summed E-state index contributed by atoms with van der Waals surface area (Å²) in [5.41, 5.74) is 0.806. The summed E-state index contributed by atoms with van der Waals surface area (Å²) in [5, 5.41) is 2.37. The van der Waals surface area contributed by atoms with Crippen LogP contribution in [0.4, 0.5) is 14.6 Å². The maximum Gasteiger partial charge on any atom is 0.159 e. The number of benzene rings is 2. The second-order valence-electron chi connectivity index (χ2n) is 6.72. The predicted octanol–water partition coefficient (Wildman–Crippen LogP) is 4.23. The van der Waals surface area contributed by atoms with E-state index in [1.54, 1.807) is 6.07 Å². The molecule has 0 atom stereocenters. The van der Waals surface area contributed by atoms with Crippen molar-refractivity contribution in [2.75, 3.05) is 31.1 Å². The minimum Gasteiger partial charge on any atom is -0.355 e. The van der Waals surface area contributed by atoms with Crippen molar-refractivity contribution in [2.24, 2.45) is 0 Å². The minimum absolute atomic E-state index is 0.633. The second kappa shape index (κ2) is 7.38. The molecule has 0 aliphatic carbocycles. The van der Waals surface area contributed by atoms with Crippen molar-refractivity contribution < 1.29 is 8.78 Å². The van der Waals surface area contributed by atoms with Gasteiger partial charge in [-0.3, -0.25) is 4.90 Å². The Morgan fingerprint density at radius 2 is 1.77 bits per heavy atom. The fourth-order valence-corrected chi connectivity index (χ4v) is 3.59. The first-order valence-electron chi connectivity index (χ1n) is 8.96. The lowest BCUT2D eigenvalue weighted by Crippen LogP contribution is -2.31. The topological polar surface area (TPSA) is 19.4 Å². The summed E-state index contributed by atoms with van der Waals surface area (Å²) >= 11 is 0. The van der Waals surface area contributed by atoms with E-state index in [9.17, 15) is 8.78 Å². The molecule has 2 aromatic carbocycles. The van der Waals surface area contributed by atoms with Gasteiger partial charge in [0.1, 0.15) is 5.82 Å². The van der Waals surface area contributed by atoms with Gasteiger partial charge >= 0.3 is 0 Å². The number of nitrogens with zero attached hydrogens (tertiary/aromatic N) is 3. The standard InChI is InChI=1S/C21H21F2N3/c22-19-7-6-16(14-20(19)23)15-25-10-3-11-26(13-12-25)21-18-5-2-1-4-17(18)8-9-24-21/h1-2,4-9,14H,3,10-13,15H2. The smallest absolute Gasteiger partial charge is 0.159 e. The fourth-order valence-electron chi connectivity index (χ4n) is 3.59. The Hall–Kier alpha value is -2.53. The number of aromatic nitrogens is 1. The summed E-state index contributed by atoms with van der Waals surface area (Å²) in [4.78, 5) is 9.24. The van der Waals surface area contributed by atoms with Crippen molar-refractivity contribution in [2.45, 2.75) is 13.0 Å². The minimum atomic E-state index is -0.794. The van der Waals surface area contributed by atoms with Crippen LogP contribution in [-0.4, -0.2) is 36.1 Å². The zero-order chi connectivity index (χ0) is 17.9. The van der Waals surface area contributed by atoms with Crippen molar-refractivity contribution >= 4 is 16.6 Å². The third-order valence-corrected chi connectivity index (χ3v) is 4.93. The third-order valence-electron chi connectivity index (χ3n) is 4.93. The van der Waals surface area contributed by atoms with E-state index in [1.165, 1.54) is 22.9 Å². The summed E-state index contributed by atoms with van der Waals surface area (Å²) in [6, 6.07) is 14.5. The number of fused-ring (bicyclic) bond motifs is 1. The average molecular weight is 353 g/mol. The van der Waals surface area contributed by atoms with E-state index in [1.807, 2.05) is 24.4 Å². The normalized spacial score (nSPS) is 16.0. The molecule has 0 spiro atoms. The Kier molecular flexibility index (Phi) is 4.80. The summed E-state index contributed by atoms with van der Waals surface area (Å²) in [6.45, 7) is 4.23. The first-order valence-corrected chi connectivity index (χ1v) is 8.96. The van der Waals surface area contributed by atoms with Gasteiger partial charge in [-0.25, -0.2) is 13.8 Å². The van der Waals surface area contributed by atoms with Crippen LogP contribution in [0.25, 0.3) is 10.8 Å². The molecule has 0 N–H and O–H groups in total. The molecule has 1 aliphatic rings. The Bertz CT molecular complexity index is 907. The number of anilines is 1. The van der Waals surface area contributed by atoms with Gasteiger partial charge in [0.2, 0.25) is 0 Å². The SMILES string of the molecule is Fc1ccc(CN2CCCN(c3nccc4ccccc34)CC2)cc1F. The molecular weight excluding hydrogens is 332 g/mol. The molecule has 1 saturated heterocycles. The number of hydrogen-bond donors (Lipinski definition) is 0. The monoisotopic (exact) mass is 353 g/mol. The Balaban J connectivity index is 1.48. The van der Waals surface area contributed by atoms with E-state index in [-0.39, 0.29) is 0 Å². The molecule has 1 aromatic heterocycles. The molecule has 3 aromatic rings. The summed E-state index contributed by atoms with van der Waals surface area (Å²) in [7, 11) is 0. The van der Waals surface area contributed by atoms with Crippen LogP contribution in [0.1, 0.15) is 12.0 Å². The number of halogens is 2. The van der Waals surface area contributed by atoms with Crippen molar-refractivity contribution in [1.82, 2.24) is 9.88 Å². The first kappa shape index (κ1) is 16.9. The molecule has 0 saturated carbocycles. The molecule has 26 heavy (non-hydrogen) atoms. The summed E-state index contributed by atoms with van der Waals surface area (Å²) in [5.74, 6) is -0.547. The lowest BCUT2D eigenvalue weighted by Gasteiger charge is -2.24. The average Bonchev–Trinajstić information content (AvgIpc) is 2.90. The molecule has 0 amide bonds. The quantitative estimate of drug-likeness (QED) is 0.703. The maximum absolute atomic E-state index is 13.4. The Morgan fingerprint density at radius 3 is 2.65 bits per heavy atom. The molecule has 4 rings (SSSR count). The van der Waals surface area contributed by atoms with Crippen molar-refractivity contribution in [3.63, 3.8) is 0 Å². The van der Waals surface area contributed by atoms with Gasteiger partial charge in [-0.1, -0.05) is 30.3 Å². The molecule has 1 aliphatic heterocycles. The second-order valence-corrected chi connectivity index (χ2v) is 6.72. The molecule has 5 heteroatoms. The van der Waals surface area contributed by atoms with Gasteiger partial charge in [-0.15, -0.1) is 0 Å². The van der Waals surface area contributed by atoms with Gasteiger partial charge < -0.3 is 4.90 Å². The molecule has 0 radical (unpaired) electrons. The molecule has 134 valence electrons. The van der Waals surface area contributed by atoms with Gasteiger partial charge in [-0.2, -0.15) is 0 Å². The Morgan fingerprint density at radius 1 is 0.885 bits per heavy atom. The number of hydrogen-bond acceptors (Lipinski definition) is 3. The highest BCUT2D eigenvalue weighted by atomic mass is 19.2. The van der Waals surface area contributed by atoms with Crippen LogP contribution >= 0.6 is 0 Å². The van der Waals surface area contributed by atoms with Gasteiger partial charge in [0.25, 0.3) is 0 Å². The predicted molar refractivity (Wildman–Crippen MR) is 100 cm³/mol. The molecule has 0 bridgehead atoms. The lowest BCUT2D eigenvalue weighted by molar-refractivity contribution is 0.284.